The van der Waals surface area contributed by atoms with Crippen molar-refractivity contribution < 1.29 is 27.9 Å². The fourth-order valence-corrected chi connectivity index (χ4v) is 5.83. The van der Waals surface area contributed by atoms with Crippen LogP contribution in [0, 0.1) is 0 Å². The SMILES string of the molecule is O=C(COC(=O)C(O)(c1ccccc1)c1ccccc1)N(C1CC1)[C@@H]1CCS(=O)(=O)C1. The summed E-state index contributed by atoms with van der Waals surface area (Å²) in [5.74, 6) is -1.37. The molecule has 1 heterocycles. The minimum Gasteiger partial charge on any atom is -0.453 e. The number of nitrogens with zero attached hydrogens (tertiary/aromatic N) is 1. The predicted octanol–water partition coefficient (Wildman–Crippen LogP) is 1.64. The molecular weight excluding hydrogens is 418 g/mol. The van der Waals surface area contributed by atoms with Gasteiger partial charge >= 0.3 is 5.97 Å². The zero-order valence-corrected chi connectivity index (χ0v) is 17.8. The molecule has 1 saturated heterocycles. The summed E-state index contributed by atoms with van der Waals surface area (Å²) in [6.07, 6.45) is 2.03. The fourth-order valence-electron chi connectivity index (χ4n) is 4.12. The molecule has 1 atom stereocenters. The van der Waals surface area contributed by atoms with Gasteiger partial charge in [-0.15, -0.1) is 0 Å². The normalized spacial score (nSPS) is 20.2. The van der Waals surface area contributed by atoms with Crippen LogP contribution in [0.5, 0.6) is 0 Å². The highest BCUT2D eigenvalue weighted by atomic mass is 32.2. The molecule has 2 aromatic rings. The van der Waals surface area contributed by atoms with Gasteiger partial charge in [0.15, 0.2) is 16.4 Å². The first-order valence-electron chi connectivity index (χ1n) is 10.3. The van der Waals surface area contributed by atoms with Crippen molar-refractivity contribution in [1.29, 1.82) is 0 Å². The van der Waals surface area contributed by atoms with E-state index in [-0.39, 0.29) is 23.6 Å². The lowest BCUT2D eigenvalue weighted by atomic mass is 9.86. The number of ether oxygens (including phenoxy) is 1. The molecule has 8 heteroatoms. The van der Waals surface area contributed by atoms with E-state index in [2.05, 4.69) is 0 Å². The molecule has 164 valence electrons. The van der Waals surface area contributed by atoms with E-state index < -0.39 is 33.9 Å². The summed E-state index contributed by atoms with van der Waals surface area (Å²) in [5, 5.41) is 11.4. The van der Waals surface area contributed by atoms with Crippen molar-refractivity contribution in [3.05, 3.63) is 71.8 Å². The number of rotatable bonds is 7. The Morgan fingerprint density at radius 2 is 1.48 bits per heavy atom. The maximum atomic E-state index is 13.1. The van der Waals surface area contributed by atoms with Gasteiger partial charge in [-0.05, 0) is 30.4 Å². The Hall–Kier alpha value is -2.71. The molecule has 31 heavy (non-hydrogen) atoms. The third kappa shape index (κ3) is 4.50. The molecule has 2 aromatic carbocycles. The van der Waals surface area contributed by atoms with Crippen LogP contribution in [-0.2, 0) is 29.8 Å². The number of carbonyl (C=O) groups excluding carboxylic acids is 2. The van der Waals surface area contributed by atoms with Gasteiger partial charge in [-0.2, -0.15) is 0 Å². The molecule has 1 amide bonds. The molecule has 1 saturated carbocycles. The van der Waals surface area contributed by atoms with Crippen LogP contribution in [-0.4, -0.2) is 60.5 Å². The zero-order chi connectivity index (χ0) is 22.1. The maximum absolute atomic E-state index is 13.1. The van der Waals surface area contributed by atoms with Crippen LogP contribution < -0.4 is 0 Å². The van der Waals surface area contributed by atoms with Gasteiger partial charge in [-0.1, -0.05) is 60.7 Å². The summed E-state index contributed by atoms with van der Waals surface area (Å²) >= 11 is 0. The lowest BCUT2D eigenvalue weighted by molar-refractivity contribution is -0.167. The number of aliphatic hydroxyl groups is 1. The lowest BCUT2D eigenvalue weighted by Crippen LogP contribution is -2.46. The molecule has 2 fully saturated rings. The molecule has 7 nitrogen and oxygen atoms in total. The van der Waals surface area contributed by atoms with Crippen molar-refractivity contribution in [3.8, 4) is 0 Å². The Labute approximate surface area is 181 Å². The molecule has 1 aliphatic heterocycles. The zero-order valence-electron chi connectivity index (χ0n) is 17.0. The monoisotopic (exact) mass is 443 g/mol. The highest BCUT2D eigenvalue weighted by molar-refractivity contribution is 7.91. The summed E-state index contributed by atoms with van der Waals surface area (Å²) < 4.78 is 29.1. The second kappa shape index (κ2) is 8.43. The predicted molar refractivity (Wildman–Crippen MR) is 114 cm³/mol. The second-order valence-corrected chi connectivity index (χ2v) is 10.3. The lowest BCUT2D eigenvalue weighted by Gasteiger charge is -2.30. The van der Waals surface area contributed by atoms with Crippen molar-refractivity contribution in [2.75, 3.05) is 18.1 Å². The van der Waals surface area contributed by atoms with E-state index in [9.17, 15) is 23.1 Å². The topological polar surface area (TPSA) is 101 Å². The molecule has 0 spiro atoms. The van der Waals surface area contributed by atoms with Crippen LogP contribution in [0.2, 0.25) is 0 Å². The highest BCUT2D eigenvalue weighted by Gasteiger charge is 2.44. The van der Waals surface area contributed by atoms with Gasteiger partial charge in [-0.25, -0.2) is 13.2 Å². The Bertz CT molecular complexity index is 1010. The number of amides is 1. The van der Waals surface area contributed by atoms with Crippen LogP contribution >= 0.6 is 0 Å². The van der Waals surface area contributed by atoms with Gasteiger partial charge in [0, 0.05) is 12.1 Å². The van der Waals surface area contributed by atoms with E-state index in [0.29, 0.717) is 17.5 Å². The van der Waals surface area contributed by atoms with E-state index >= 15 is 0 Å². The Morgan fingerprint density at radius 1 is 0.935 bits per heavy atom. The smallest absolute Gasteiger partial charge is 0.348 e. The maximum Gasteiger partial charge on any atom is 0.348 e. The van der Waals surface area contributed by atoms with Gasteiger partial charge in [0.2, 0.25) is 5.60 Å². The standard InChI is InChI=1S/C23H25NO6S/c25-21(24(19-11-12-19)20-13-14-31(28,29)16-20)15-30-22(26)23(27,17-7-3-1-4-8-17)18-9-5-2-6-10-18/h1-10,19-20,27H,11-16H2/t20-/m1/s1. The number of hydrogen-bond donors (Lipinski definition) is 1. The average Bonchev–Trinajstić information content (AvgIpc) is 3.55. The van der Waals surface area contributed by atoms with Crippen LogP contribution in [0.4, 0.5) is 0 Å². The number of hydrogen-bond acceptors (Lipinski definition) is 6. The van der Waals surface area contributed by atoms with Crippen LogP contribution in [0.1, 0.15) is 30.4 Å². The van der Waals surface area contributed by atoms with Gasteiger partial charge < -0.3 is 14.7 Å². The van der Waals surface area contributed by atoms with E-state index in [1.54, 1.807) is 65.6 Å². The van der Waals surface area contributed by atoms with Crippen molar-refractivity contribution >= 4 is 21.7 Å². The third-order valence-electron chi connectivity index (χ3n) is 5.84. The van der Waals surface area contributed by atoms with Crippen LogP contribution in [0.3, 0.4) is 0 Å². The van der Waals surface area contributed by atoms with E-state index in [1.807, 2.05) is 0 Å². The summed E-state index contributed by atoms with van der Waals surface area (Å²) in [4.78, 5) is 27.5. The molecule has 0 bridgehead atoms. The molecule has 4 rings (SSSR count). The largest absolute Gasteiger partial charge is 0.453 e. The summed E-state index contributed by atoms with van der Waals surface area (Å²) in [6.45, 7) is -0.548. The van der Waals surface area contributed by atoms with E-state index in [4.69, 9.17) is 4.74 Å². The van der Waals surface area contributed by atoms with Crippen molar-refractivity contribution in [2.45, 2.75) is 36.9 Å². The van der Waals surface area contributed by atoms with Gasteiger partial charge in [0.05, 0.1) is 11.5 Å². The summed E-state index contributed by atoms with van der Waals surface area (Å²) in [5.41, 5.74) is -1.40. The first-order chi connectivity index (χ1) is 14.8. The Balaban J connectivity index is 1.52. The van der Waals surface area contributed by atoms with Crippen molar-refractivity contribution in [2.24, 2.45) is 0 Å². The van der Waals surface area contributed by atoms with Crippen LogP contribution in [0.25, 0.3) is 0 Å². The Morgan fingerprint density at radius 3 is 1.94 bits per heavy atom. The van der Waals surface area contributed by atoms with Crippen molar-refractivity contribution in [3.63, 3.8) is 0 Å². The van der Waals surface area contributed by atoms with Gasteiger partial charge in [0.25, 0.3) is 5.91 Å². The first-order valence-corrected chi connectivity index (χ1v) is 12.2. The number of carbonyl (C=O) groups is 2. The second-order valence-electron chi connectivity index (χ2n) is 8.11. The quantitative estimate of drug-likeness (QED) is 0.653. The Kier molecular flexibility index (Phi) is 5.85. The number of benzene rings is 2. The van der Waals surface area contributed by atoms with E-state index in [1.165, 1.54) is 0 Å². The molecule has 0 radical (unpaired) electrons. The molecule has 1 N–H and O–H groups in total. The molecule has 0 unspecified atom stereocenters. The molecular formula is C23H25NO6S. The average molecular weight is 444 g/mol. The number of esters is 1. The minimum absolute atomic E-state index is 0.00775. The molecule has 0 aromatic heterocycles. The first kappa shape index (κ1) is 21.5. The van der Waals surface area contributed by atoms with E-state index in [0.717, 1.165) is 12.8 Å². The fraction of sp³-hybridized carbons (Fsp3) is 0.391. The summed E-state index contributed by atoms with van der Waals surface area (Å²) in [6, 6.07) is 16.5. The third-order valence-corrected chi connectivity index (χ3v) is 7.59. The summed E-state index contributed by atoms with van der Waals surface area (Å²) in [7, 11) is -3.15. The number of sulfone groups is 1. The molecule has 2 aliphatic rings. The highest BCUT2D eigenvalue weighted by Crippen LogP contribution is 2.33. The van der Waals surface area contributed by atoms with Gasteiger partial charge in [-0.3, -0.25) is 4.79 Å². The van der Waals surface area contributed by atoms with Crippen LogP contribution in [0.15, 0.2) is 60.7 Å². The molecule has 1 aliphatic carbocycles. The van der Waals surface area contributed by atoms with Gasteiger partial charge in [0.1, 0.15) is 0 Å². The minimum atomic E-state index is -3.15. The van der Waals surface area contributed by atoms with Crippen molar-refractivity contribution in [1.82, 2.24) is 4.90 Å².